The van der Waals surface area contributed by atoms with Gasteiger partial charge in [0.1, 0.15) is 12.3 Å². The van der Waals surface area contributed by atoms with E-state index in [9.17, 15) is 0 Å². The molecule has 3 atom stereocenters. The van der Waals surface area contributed by atoms with Crippen LogP contribution in [0.2, 0.25) is 0 Å². The topological polar surface area (TPSA) is 52.5 Å². The maximum Gasteiger partial charge on any atom is 0.179 e. The van der Waals surface area contributed by atoms with E-state index in [0.29, 0.717) is 0 Å². The lowest BCUT2D eigenvalue weighted by Crippen LogP contribution is -2.74. The molecule has 5 heteroatoms. The van der Waals surface area contributed by atoms with Crippen molar-refractivity contribution in [2.24, 2.45) is 16.6 Å². The van der Waals surface area contributed by atoms with Crippen LogP contribution in [0.3, 0.4) is 0 Å². The van der Waals surface area contributed by atoms with Gasteiger partial charge in [-0.25, -0.2) is 0 Å². The molecule has 7 aromatic carbocycles. The zero-order chi connectivity index (χ0) is 37.6. The highest BCUT2D eigenvalue weighted by Crippen LogP contribution is 2.49. The van der Waals surface area contributed by atoms with Gasteiger partial charge in [0.15, 0.2) is 13.8 Å². The molecule has 10 rings (SSSR count). The van der Waals surface area contributed by atoms with Crippen LogP contribution in [0, 0.1) is 5.92 Å². The number of allylic oxidation sites excluding steroid dienone is 2. The number of ether oxygens (including phenoxy) is 1. The molecule has 2 heterocycles. The quantitative estimate of drug-likeness (QED) is 0.0965. The highest BCUT2D eigenvalue weighted by molar-refractivity contribution is 7.20. The Balaban J connectivity index is 1.23. The molecular weight excluding hydrogens is 699 g/mol. The normalized spacial score (nSPS) is 16.8. The summed E-state index contributed by atoms with van der Waals surface area (Å²) >= 11 is 0. The van der Waals surface area contributed by atoms with Crippen LogP contribution in [0.15, 0.2) is 199 Å². The van der Waals surface area contributed by atoms with Gasteiger partial charge in [0.2, 0.25) is 0 Å². The van der Waals surface area contributed by atoms with E-state index in [2.05, 4.69) is 175 Å². The highest BCUT2D eigenvalue weighted by atomic mass is 28.3. The Kier molecular flexibility index (Phi) is 8.47. The van der Waals surface area contributed by atoms with Gasteiger partial charge in [0, 0.05) is 39.7 Å². The van der Waals surface area contributed by atoms with Crippen LogP contribution in [0.25, 0.3) is 33.1 Å². The van der Waals surface area contributed by atoms with Crippen molar-refractivity contribution in [3.63, 3.8) is 0 Å². The fourth-order valence-corrected chi connectivity index (χ4v) is 13.8. The van der Waals surface area contributed by atoms with Crippen LogP contribution < -0.4 is 31.2 Å². The first-order valence-corrected chi connectivity index (χ1v) is 21.4. The summed E-state index contributed by atoms with van der Waals surface area (Å²) in [6.07, 6.45) is 8.06. The van der Waals surface area contributed by atoms with E-state index >= 15 is 0 Å². The van der Waals surface area contributed by atoms with Crippen LogP contribution in [0.5, 0.6) is 5.75 Å². The zero-order valence-electron chi connectivity index (χ0n) is 31.2. The summed E-state index contributed by atoms with van der Waals surface area (Å²) in [6, 6.07) is 63.8. The van der Waals surface area contributed by atoms with E-state index in [4.69, 9.17) is 15.5 Å². The molecule has 3 unspecified atom stereocenters. The van der Waals surface area contributed by atoms with E-state index in [1.165, 1.54) is 37.1 Å². The minimum atomic E-state index is -2.78. The van der Waals surface area contributed by atoms with Gasteiger partial charge in [-0.1, -0.05) is 183 Å². The van der Waals surface area contributed by atoms with Gasteiger partial charge in [-0.05, 0) is 50.1 Å². The molecule has 2 aliphatic rings. The van der Waals surface area contributed by atoms with Crippen LogP contribution >= 0.6 is 0 Å². The third kappa shape index (κ3) is 5.50. The summed E-state index contributed by atoms with van der Waals surface area (Å²) in [5.41, 5.74) is 14.1. The van der Waals surface area contributed by atoms with Gasteiger partial charge in [0.05, 0.1) is 11.0 Å². The van der Waals surface area contributed by atoms with Crippen molar-refractivity contribution in [2.45, 2.75) is 19.2 Å². The summed E-state index contributed by atoms with van der Waals surface area (Å²) in [5, 5.41) is 7.75. The zero-order valence-corrected chi connectivity index (χ0v) is 32.2. The molecule has 1 aromatic heterocycles. The highest BCUT2D eigenvalue weighted by Gasteiger charge is 2.42. The first kappa shape index (κ1) is 34.0. The first-order valence-electron chi connectivity index (χ1n) is 19.4. The molecule has 8 aromatic rings. The van der Waals surface area contributed by atoms with Gasteiger partial charge >= 0.3 is 0 Å². The maximum absolute atomic E-state index is 7.02. The lowest BCUT2D eigenvalue weighted by molar-refractivity contribution is 0.237. The number of fused-ring (bicyclic) bond motifs is 7. The molecular formula is C51H41N3OSi. The fourth-order valence-electron chi connectivity index (χ4n) is 8.99. The lowest BCUT2D eigenvalue weighted by Gasteiger charge is -2.34. The predicted octanol–water partition coefficient (Wildman–Crippen LogP) is 8.59. The Hall–Kier alpha value is -6.53. The molecule has 0 saturated heterocycles. The number of aromatic nitrogens is 1. The molecule has 270 valence electrons. The second kappa shape index (κ2) is 14.0. The Labute approximate surface area is 328 Å². The SMILES string of the molecule is CC1C=CC=C2c3ccc4c5cc([Si](c6ccccc6)(c6ccccc6)c6ccccc6)ccc5n(-c5cccc(C=NC(N)c6ccccc6)c5)c4c3OC21. The van der Waals surface area contributed by atoms with E-state index in [1.807, 2.05) is 36.5 Å². The predicted molar refractivity (Wildman–Crippen MR) is 236 cm³/mol. The number of nitrogens with two attached hydrogens (primary N) is 1. The molecule has 0 bridgehead atoms. The van der Waals surface area contributed by atoms with Crippen molar-refractivity contribution in [1.82, 2.24) is 4.57 Å². The van der Waals surface area contributed by atoms with Crippen LogP contribution in [0.4, 0.5) is 0 Å². The van der Waals surface area contributed by atoms with E-state index < -0.39 is 14.2 Å². The average Bonchev–Trinajstić information content (AvgIpc) is 3.81. The smallest absolute Gasteiger partial charge is 0.179 e. The van der Waals surface area contributed by atoms with Gasteiger partial charge in [-0.3, -0.25) is 4.99 Å². The van der Waals surface area contributed by atoms with Crippen molar-refractivity contribution in [3.8, 4) is 11.4 Å². The molecule has 0 spiro atoms. The number of aliphatic imine (C=N–C) groups is 1. The van der Waals surface area contributed by atoms with Gasteiger partial charge < -0.3 is 15.0 Å². The molecule has 0 fully saturated rings. The van der Waals surface area contributed by atoms with Crippen molar-refractivity contribution >= 4 is 62.4 Å². The standard InChI is InChI=1S/C51H41N3OSi/c1-35-16-14-27-44-45-30-29-43-46-33-42(56(39-21-8-3-9-22-39,40-23-10-4-11-24-40)41-25-12-5-13-26-41)28-31-47(46)54(48(43)50(45)55-49(35)44)38-20-15-17-36(32-38)34-53-51(52)37-18-6-2-7-19-37/h2-35,49,51H,52H2,1H3. The van der Waals surface area contributed by atoms with E-state index in [0.717, 1.165) is 39.2 Å². The Morgan fingerprint density at radius 3 is 1.96 bits per heavy atom. The van der Waals surface area contributed by atoms with E-state index in [1.54, 1.807) is 0 Å². The molecule has 0 radical (unpaired) electrons. The molecule has 1 aliphatic carbocycles. The van der Waals surface area contributed by atoms with E-state index in [-0.39, 0.29) is 12.0 Å². The van der Waals surface area contributed by atoms with Crippen molar-refractivity contribution < 1.29 is 4.74 Å². The lowest BCUT2D eigenvalue weighted by atomic mass is 9.90. The van der Waals surface area contributed by atoms with Crippen LogP contribution in [-0.4, -0.2) is 25.0 Å². The third-order valence-corrected chi connectivity index (χ3v) is 16.4. The Morgan fingerprint density at radius 2 is 1.30 bits per heavy atom. The molecule has 4 nitrogen and oxygen atoms in total. The average molecular weight is 740 g/mol. The van der Waals surface area contributed by atoms with Crippen LogP contribution in [0.1, 0.15) is 29.8 Å². The number of hydrogen-bond acceptors (Lipinski definition) is 3. The van der Waals surface area contributed by atoms with Crippen molar-refractivity contribution in [1.29, 1.82) is 0 Å². The summed E-state index contributed by atoms with van der Waals surface area (Å²) in [5.74, 6) is 1.21. The maximum atomic E-state index is 7.02. The Bertz CT molecular complexity index is 2710. The molecule has 1 aliphatic heterocycles. The number of rotatable bonds is 8. The number of hydrogen-bond donors (Lipinski definition) is 1. The minimum Gasteiger partial charge on any atom is -0.482 e. The summed E-state index contributed by atoms with van der Waals surface area (Å²) < 4.78 is 9.41. The van der Waals surface area contributed by atoms with Crippen LogP contribution in [-0.2, 0) is 0 Å². The molecule has 56 heavy (non-hydrogen) atoms. The fraction of sp³-hybridized carbons (Fsp3) is 0.0784. The molecule has 2 N–H and O–H groups in total. The second-order valence-corrected chi connectivity index (χ2v) is 18.7. The molecule has 0 saturated carbocycles. The van der Waals surface area contributed by atoms with Crippen molar-refractivity contribution in [3.05, 3.63) is 211 Å². The second-order valence-electron chi connectivity index (χ2n) is 14.9. The van der Waals surface area contributed by atoms with Gasteiger partial charge in [-0.15, -0.1) is 0 Å². The monoisotopic (exact) mass is 739 g/mol. The van der Waals surface area contributed by atoms with Crippen molar-refractivity contribution in [2.75, 3.05) is 0 Å². The summed E-state index contributed by atoms with van der Waals surface area (Å²) in [7, 11) is -2.78. The third-order valence-electron chi connectivity index (χ3n) is 11.6. The Morgan fingerprint density at radius 1 is 0.661 bits per heavy atom. The number of benzene rings is 7. The summed E-state index contributed by atoms with van der Waals surface area (Å²) in [4.78, 5) is 4.76. The minimum absolute atomic E-state index is 0.0186. The molecule has 0 amide bonds. The first-order chi connectivity index (χ1) is 27.6. The number of nitrogens with zero attached hydrogens (tertiary/aromatic N) is 2. The summed E-state index contributed by atoms with van der Waals surface area (Å²) in [6.45, 7) is 2.24. The van der Waals surface area contributed by atoms with Gasteiger partial charge in [-0.2, -0.15) is 0 Å². The largest absolute Gasteiger partial charge is 0.482 e. The van der Waals surface area contributed by atoms with Gasteiger partial charge in [0.25, 0.3) is 0 Å².